The second-order valence-electron chi connectivity index (χ2n) is 14.6. The van der Waals surface area contributed by atoms with Crippen molar-refractivity contribution in [3.05, 3.63) is 35.4 Å². The molecule has 6 heteroatoms. The van der Waals surface area contributed by atoms with Crippen molar-refractivity contribution in [3.8, 4) is 0 Å². The van der Waals surface area contributed by atoms with E-state index in [0.717, 1.165) is 152 Å². The van der Waals surface area contributed by atoms with Crippen LogP contribution in [0, 0.1) is 0 Å². The Morgan fingerprint density at radius 1 is 0.413 bits per heavy atom. The molecule has 0 amide bonds. The van der Waals surface area contributed by atoms with E-state index in [0.29, 0.717) is 11.1 Å². The fraction of sp³-hybridized carbons (Fsp3) is 0.800. The van der Waals surface area contributed by atoms with Crippen LogP contribution in [0.2, 0.25) is 0 Å². The molecule has 1 rings (SSSR count). The van der Waals surface area contributed by atoms with Gasteiger partial charge in [-0.2, -0.15) is 0 Å². The quantitative estimate of drug-likeness (QED) is 0.0826. The number of carbonyl (C=O) groups is 2. The molecule has 0 N–H and O–H groups in total. The van der Waals surface area contributed by atoms with Crippen LogP contribution in [0.3, 0.4) is 0 Å². The Kier molecular flexibility index (Phi) is 20.5. The van der Waals surface area contributed by atoms with E-state index < -0.39 is 13.7 Å². The van der Waals surface area contributed by atoms with Gasteiger partial charge in [0.15, 0.2) is 0 Å². The average molecular weight is 683 g/mol. The summed E-state index contributed by atoms with van der Waals surface area (Å²) in [5.74, 6) is -0.566. The predicted octanol–water partition coefficient (Wildman–Crippen LogP) is 13.3. The third-order valence-electron chi connectivity index (χ3n) is 10.7. The first-order valence-corrected chi connectivity index (χ1v) is 25.5. The molecular weight excluding hydrogens is 606 g/mol. The van der Waals surface area contributed by atoms with E-state index in [1.54, 1.807) is 0 Å². The van der Waals surface area contributed by atoms with E-state index in [2.05, 4.69) is 55.4 Å². The number of benzene rings is 1. The summed E-state index contributed by atoms with van der Waals surface area (Å²) in [6, 6.07) is 7.44. The molecule has 0 aliphatic rings. The average Bonchev–Trinajstić information content (AvgIpc) is 3.08. The second-order valence-corrected chi connectivity index (χ2v) is 26.0. The molecule has 1 aromatic carbocycles. The van der Waals surface area contributed by atoms with Gasteiger partial charge in [-0.05, 0) is 0 Å². The molecular formula is C40H76O4P2. The maximum absolute atomic E-state index is 14.6. The van der Waals surface area contributed by atoms with Crippen molar-refractivity contribution in [2.75, 3.05) is 49.3 Å². The summed E-state index contributed by atoms with van der Waals surface area (Å²) in [6.45, 7) is 12.2. The Morgan fingerprint density at radius 2 is 0.609 bits per heavy atom. The third kappa shape index (κ3) is 12.5. The van der Waals surface area contributed by atoms with E-state index in [9.17, 15) is 9.59 Å². The zero-order valence-electron chi connectivity index (χ0n) is 31.8. The van der Waals surface area contributed by atoms with Crippen LogP contribution in [-0.4, -0.2) is 61.2 Å². The van der Waals surface area contributed by atoms with Crippen LogP contribution in [0.5, 0.6) is 0 Å². The Balaban J connectivity index is 3.78. The Morgan fingerprint density at radius 3 is 0.783 bits per heavy atom. The van der Waals surface area contributed by atoms with E-state index in [1.165, 1.54) is 0 Å². The molecule has 270 valence electrons. The van der Waals surface area contributed by atoms with Crippen LogP contribution in [0.25, 0.3) is 0 Å². The van der Waals surface area contributed by atoms with Gasteiger partial charge in [0.25, 0.3) is 0 Å². The van der Waals surface area contributed by atoms with E-state index >= 15 is 0 Å². The molecule has 0 radical (unpaired) electrons. The third-order valence-corrected chi connectivity index (χ3v) is 23.6. The van der Waals surface area contributed by atoms with Crippen molar-refractivity contribution in [1.82, 2.24) is 0 Å². The van der Waals surface area contributed by atoms with E-state index in [1.807, 2.05) is 24.3 Å². The van der Waals surface area contributed by atoms with Crippen LogP contribution in [0.4, 0.5) is 0 Å². The maximum atomic E-state index is 14.6. The number of hydrogen-bond acceptors (Lipinski definition) is 4. The van der Waals surface area contributed by atoms with Crippen LogP contribution < -0.4 is 0 Å². The summed E-state index contributed by atoms with van der Waals surface area (Å²) in [6.07, 6.45) is 25.6. The summed E-state index contributed by atoms with van der Waals surface area (Å²) in [5.41, 5.74) is 0.826. The molecule has 0 saturated carbocycles. The first-order chi connectivity index (χ1) is 22.1. The fourth-order valence-electron chi connectivity index (χ4n) is 7.58. The Bertz CT molecular complexity index is 841. The predicted molar refractivity (Wildman–Crippen MR) is 209 cm³/mol. The molecule has 46 heavy (non-hydrogen) atoms. The number of hydrogen-bond donors (Lipinski definition) is 0. The van der Waals surface area contributed by atoms with Crippen molar-refractivity contribution >= 4 is 25.6 Å². The first-order valence-electron chi connectivity index (χ1n) is 19.7. The zero-order valence-corrected chi connectivity index (χ0v) is 33.6. The van der Waals surface area contributed by atoms with Gasteiger partial charge in [-0.1, -0.05) is 0 Å². The molecule has 0 atom stereocenters. The molecule has 0 unspecified atom stereocenters. The first kappa shape index (κ1) is 43.0. The normalized spacial score (nSPS) is 13.8. The molecule has 0 aliphatic heterocycles. The second kappa shape index (κ2) is 21.9. The summed E-state index contributed by atoms with van der Waals surface area (Å²) >= 11 is 0. The number of carbonyl (C=O) groups excluding carboxylic acids is 2. The van der Waals surface area contributed by atoms with Gasteiger partial charge < -0.3 is 0 Å². The molecule has 0 heterocycles. The molecule has 4 nitrogen and oxygen atoms in total. The van der Waals surface area contributed by atoms with Crippen LogP contribution in [0.1, 0.15) is 179 Å². The minimum atomic E-state index is -2.87. The molecule has 0 bridgehead atoms. The summed E-state index contributed by atoms with van der Waals surface area (Å²) < 4.78 is 14.2. The van der Waals surface area contributed by atoms with Gasteiger partial charge in [0.2, 0.25) is 0 Å². The number of rotatable bonds is 28. The summed E-state index contributed by atoms with van der Waals surface area (Å²) in [4.78, 5) is 29.2. The van der Waals surface area contributed by atoms with Gasteiger partial charge in [0, 0.05) is 0 Å². The minimum absolute atomic E-state index is 0.283. The molecule has 0 aliphatic carbocycles. The van der Waals surface area contributed by atoms with Gasteiger partial charge in [-0.25, -0.2) is 0 Å². The summed E-state index contributed by atoms with van der Waals surface area (Å²) in [5, 5.41) is 0. The van der Waals surface area contributed by atoms with Crippen LogP contribution in [0.15, 0.2) is 24.3 Å². The van der Waals surface area contributed by atoms with E-state index in [4.69, 9.17) is 9.05 Å². The SMILES string of the molecule is CCCCP(CCCC)(CCCC)(CCCC)OC(=O)c1ccccc1C(=O)OP(CCCC)(CCCC)(CCCC)CCCC. The zero-order chi connectivity index (χ0) is 34.4. The van der Waals surface area contributed by atoms with Crippen molar-refractivity contribution in [3.63, 3.8) is 0 Å². The molecule has 0 aromatic heterocycles. The Labute approximate surface area is 286 Å². The van der Waals surface area contributed by atoms with Crippen LogP contribution in [-0.2, 0) is 9.05 Å². The molecule has 0 saturated heterocycles. The van der Waals surface area contributed by atoms with Crippen molar-refractivity contribution in [1.29, 1.82) is 0 Å². The Hall–Kier alpha value is -0.980. The topological polar surface area (TPSA) is 52.6 Å². The van der Waals surface area contributed by atoms with Gasteiger partial charge in [-0.15, -0.1) is 0 Å². The van der Waals surface area contributed by atoms with Crippen molar-refractivity contribution < 1.29 is 18.6 Å². The molecule has 0 fully saturated rings. The van der Waals surface area contributed by atoms with Crippen molar-refractivity contribution in [2.45, 2.75) is 158 Å². The van der Waals surface area contributed by atoms with Gasteiger partial charge in [0.05, 0.1) is 0 Å². The van der Waals surface area contributed by atoms with E-state index in [-0.39, 0.29) is 11.9 Å². The summed E-state index contributed by atoms with van der Waals surface area (Å²) in [7, 11) is 0. The number of unbranched alkanes of at least 4 members (excludes halogenated alkanes) is 8. The van der Waals surface area contributed by atoms with Gasteiger partial charge in [0.1, 0.15) is 0 Å². The monoisotopic (exact) mass is 683 g/mol. The van der Waals surface area contributed by atoms with Crippen LogP contribution >= 0.6 is 13.7 Å². The fourth-order valence-corrected chi connectivity index (χ4v) is 21.1. The van der Waals surface area contributed by atoms with Gasteiger partial charge in [-0.3, -0.25) is 0 Å². The van der Waals surface area contributed by atoms with Gasteiger partial charge >= 0.3 is 287 Å². The van der Waals surface area contributed by atoms with Crippen molar-refractivity contribution in [2.24, 2.45) is 0 Å². The molecule has 0 spiro atoms. The standard InChI is InChI=1S/C40H76O4P2/c1-9-17-29-45(30-18-10-2,31-19-11-3,32-20-12-4)43-39(41)37-27-25-26-28-38(37)40(42)44-46(33-21-13-5,34-22-14-6,35-23-15-7)36-24-16-8/h25-28H,9-24,29-36H2,1-8H3. The molecule has 1 aromatic rings.